The second-order valence-corrected chi connectivity index (χ2v) is 3.82. The minimum absolute atomic E-state index is 0.0829. The highest BCUT2D eigenvalue weighted by Gasteiger charge is 2.17. The van der Waals surface area contributed by atoms with Crippen LogP contribution >= 0.6 is 15.9 Å². The third-order valence-electron chi connectivity index (χ3n) is 2.13. The zero-order valence-electron chi connectivity index (χ0n) is 7.48. The molecule has 0 radical (unpaired) electrons. The van der Waals surface area contributed by atoms with Crippen LogP contribution in [0.5, 0.6) is 5.75 Å². The smallest absolute Gasteiger partial charge is 0.287 e. The summed E-state index contributed by atoms with van der Waals surface area (Å²) < 4.78 is 0.390. The van der Waals surface area contributed by atoms with E-state index in [1.807, 2.05) is 0 Å². The highest BCUT2D eigenvalue weighted by atomic mass is 79.9. The molecule has 0 atom stereocenters. The van der Waals surface area contributed by atoms with Crippen LogP contribution in [-0.4, -0.2) is 10.0 Å². The van der Waals surface area contributed by atoms with Gasteiger partial charge in [-0.3, -0.25) is 10.1 Å². The van der Waals surface area contributed by atoms with Gasteiger partial charge in [0.05, 0.1) is 11.0 Å². The fourth-order valence-corrected chi connectivity index (χ4v) is 2.04. The lowest BCUT2D eigenvalue weighted by atomic mass is 10.1. The lowest BCUT2D eigenvalue weighted by Crippen LogP contribution is -1.90. The van der Waals surface area contributed by atoms with Crippen molar-refractivity contribution in [3.63, 3.8) is 0 Å². The summed E-state index contributed by atoms with van der Waals surface area (Å²) >= 11 is 3.16. The molecule has 15 heavy (non-hydrogen) atoms. The SMILES string of the molecule is O=[N+]([O-])c1cc(O)c2ccccc2c1Br. The molecule has 0 amide bonds. The Labute approximate surface area is 93.4 Å². The standard InChI is InChI=1S/C10H6BrNO3/c11-10-7-4-2-1-3-6(7)9(13)5-8(10)12(14)15/h1-5,13H. The summed E-state index contributed by atoms with van der Waals surface area (Å²) in [4.78, 5) is 10.2. The number of rotatable bonds is 1. The Balaban J connectivity index is 2.90. The fraction of sp³-hybridized carbons (Fsp3) is 0. The van der Waals surface area contributed by atoms with Gasteiger partial charge >= 0.3 is 0 Å². The van der Waals surface area contributed by atoms with Gasteiger partial charge in [0.25, 0.3) is 5.69 Å². The molecule has 0 spiro atoms. The lowest BCUT2D eigenvalue weighted by Gasteiger charge is -2.03. The molecule has 0 aromatic heterocycles. The Hall–Kier alpha value is -1.62. The molecule has 0 aliphatic rings. The fourth-order valence-electron chi connectivity index (χ4n) is 1.44. The number of phenolic OH excluding ortho intramolecular Hbond substituents is 1. The topological polar surface area (TPSA) is 63.4 Å². The normalized spacial score (nSPS) is 10.5. The maximum absolute atomic E-state index is 10.7. The molecule has 5 heteroatoms. The molecule has 0 aliphatic heterocycles. The van der Waals surface area contributed by atoms with E-state index < -0.39 is 4.92 Å². The van der Waals surface area contributed by atoms with E-state index in [0.29, 0.717) is 15.2 Å². The van der Waals surface area contributed by atoms with Gasteiger partial charge in [0.2, 0.25) is 0 Å². The van der Waals surface area contributed by atoms with Gasteiger partial charge in [-0.2, -0.15) is 0 Å². The molecular weight excluding hydrogens is 262 g/mol. The number of aromatic hydroxyl groups is 1. The van der Waals surface area contributed by atoms with Crippen LogP contribution in [0.4, 0.5) is 5.69 Å². The van der Waals surface area contributed by atoms with Crippen LogP contribution in [0.2, 0.25) is 0 Å². The summed E-state index contributed by atoms with van der Waals surface area (Å²) in [7, 11) is 0. The van der Waals surface area contributed by atoms with E-state index in [4.69, 9.17) is 0 Å². The van der Waals surface area contributed by atoms with Crippen LogP contribution in [-0.2, 0) is 0 Å². The Morgan fingerprint density at radius 2 is 1.87 bits per heavy atom. The molecule has 0 fully saturated rings. The molecule has 2 aromatic carbocycles. The number of nitrogens with zero attached hydrogens (tertiary/aromatic N) is 1. The molecule has 0 aliphatic carbocycles. The first-order chi connectivity index (χ1) is 7.11. The highest BCUT2D eigenvalue weighted by Crippen LogP contribution is 2.38. The van der Waals surface area contributed by atoms with Gasteiger partial charge in [0, 0.05) is 10.8 Å². The second kappa shape index (κ2) is 3.51. The van der Waals surface area contributed by atoms with Crippen molar-refractivity contribution in [2.45, 2.75) is 0 Å². The number of hydrogen-bond acceptors (Lipinski definition) is 3. The maximum atomic E-state index is 10.7. The van der Waals surface area contributed by atoms with Crippen molar-refractivity contribution in [1.29, 1.82) is 0 Å². The average Bonchev–Trinajstić information content (AvgIpc) is 2.23. The van der Waals surface area contributed by atoms with Crippen LogP contribution < -0.4 is 0 Å². The first-order valence-corrected chi connectivity index (χ1v) is 4.95. The monoisotopic (exact) mass is 267 g/mol. The number of phenols is 1. The number of fused-ring (bicyclic) bond motifs is 1. The molecule has 0 saturated heterocycles. The molecule has 76 valence electrons. The Kier molecular flexibility index (Phi) is 2.32. The zero-order valence-corrected chi connectivity index (χ0v) is 9.06. The summed E-state index contributed by atoms with van der Waals surface area (Å²) in [5.41, 5.74) is -0.133. The van der Waals surface area contributed by atoms with Crippen LogP contribution in [0.25, 0.3) is 10.8 Å². The number of nitro benzene ring substituents is 1. The molecule has 2 aromatic rings. The molecule has 2 rings (SSSR count). The minimum Gasteiger partial charge on any atom is -0.507 e. The van der Waals surface area contributed by atoms with Gasteiger partial charge in [-0.25, -0.2) is 0 Å². The lowest BCUT2D eigenvalue weighted by molar-refractivity contribution is -0.385. The van der Waals surface area contributed by atoms with Gasteiger partial charge in [-0.1, -0.05) is 24.3 Å². The van der Waals surface area contributed by atoms with Gasteiger partial charge in [0.1, 0.15) is 10.2 Å². The number of benzene rings is 2. The molecule has 0 saturated carbocycles. The summed E-state index contributed by atoms with van der Waals surface area (Å²) in [5.74, 6) is -0.0829. The van der Waals surface area contributed by atoms with Crippen molar-refractivity contribution in [2.75, 3.05) is 0 Å². The summed E-state index contributed by atoms with van der Waals surface area (Å²) in [6.07, 6.45) is 0. The third-order valence-corrected chi connectivity index (χ3v) is 2.97. The van der Waals surface area contributed by atoms with Crippen LogP contribution in [0.3, 0.4) is 0 Å². The number of hydrogen-bond donors (Lipinski definition) is 1. The Morgan fingerprint density at radius 3 is 2.47 bits per heavy atom. The van der Waals surface area contributed by atoms with Gasteiger partial charge in [-0.15, -0.1) is 0 Å². The van der Waals surface area contributed by atoms with E-state index in [2.05, 4.69) is 15.9 Å². The van der Waals surface area contributed by atoms with Crippen LogP contribution in [0, 0.1) is 10.1 Å². The van der Waals surface area contributed by atoms with E-state index >= 15 is 0 Å². The molecule has 1 N–H and O–H groups in total. The largest absolute Gasteiger partial charge is 0.507 e. The van der Waals surface area contributed by atoms with Crippen LogP contribution in [0.15, 0.2) is 34.8 Å². The average molecular weight is 268 g/mol. The zero-order chi connectivity index (χ0) is 11.0. The summed E-state index contributed by atoms with van der Waals surface area (Å²) in [6.45, 7) is 0. The van der Waals surface area contributed by atoms with Crippen molar-refractivity contribution >= 4 is 32.4 Å². The third kappa shape index (κ3) is 1.55. The predicted octanol–water partition coefficient (Wildman–Crippen LogP) is 3.22. The van der Waals surface area contributed by atoms with E-state index in [9.17, 15) is 15.2 Å². The van der Waals surface area contributed by atoms with Crippen LogP contribution in [0.1, 0.15) is 0 Å². The first-order valence-electron chi connectivity index (χ1n) is 4.16. The Bertz CT molecular complexity index is 554. The highest BCUT2D eigenvalue weighted by molar-refractivity contribution is 9.10. The molecule has 0 bridgehead atoms. The summed E-state index contributed by atoms with van der Waals surface area (Å²) in [5, 5.41) is 21.5. The minimum atomic E-state index is -0.532. The number of halogens is 1. The van der Waals surface area contributed by atoms with E-state index in [1.54, 1.807) is 24.3 Å². The Morgan fingerprint density at radius 1 is 1.27 bits per heavy atom. The summed E-state index contributed by atoms with van der Waals surface area (Å²) in [6, 6.07) is 8.09. The van der Waals surface area contributed by atoms with Crippen molar-refractivity contribution in [2.24, 2.45) is 0 Å². The second-order valence-electron chi connectivity index (χ2n) is 3.03. The molecule has 0 unspecified atom stereocenters. The van der Waals surface area contributed by atoms with E-state index in [-0.39, 0.29) is 11.4 Å². The first kappa shape index (κ1) is 9.92. The van der Waals surface area contributed by atoms with E-state index in [0.717, 1.165) is 6.07 Å². The van der Waals surface area contributed by atoms with Gasteiger partial charge in [0.15, 0.2) is 0 Å². The maximum Gasteiger partial charge on any atom is 0.287 e. The molecule has 4 nitrogen and oxygen atoms in total. The van der Waals surface area contributed by atoms with Crippen molar-refractivity contribution < 1.29 is 10.0 Å². The quantitative estimate of drug-likeness (QED) is 0.638. The molecule has 0 heterocycles. The number of nitro groups is 1. The van der Waals surface area contributed by atoms with E-state index in [1.165, 1.54) is 0 Å². The van der Waals surface area contributed by atoms with Gasteiger partial charge in [-0.05, 0) is 15.9 Å². The van der Waals surface area contributed by atoms with Crippen molar-refractivity contribution in [3.8, 4) is 5.75 Å². The van der Waals surface area contributed by atoms with Gasteiger partial charge < -0.3 is 5.11 Å². The van der Waals surface area contributed by atoms with Crippen molar-refractivity contribution in [1.82, 2.24) is 0 Å². The molecular formula is C10H6BrNO3. The van der Waals surface area contributed by atoms with Crippen molar-refractivity contribution in [3.05, 3.63) is 44.9 Å². The predicted molar refractivity (Wildman–Crippen MR) is 60.0 cm³/mol.